The van der Waals surface area contributed by atoms with Crippen LogP contribution in [0.2, 0.25) is 0 Å². The largest absolute Gasteiger partial charge is 0.396 e. The van der Waals surface area contributed by atoms with Crippen LogP contribution in [0.4, 0.5) is 10.1 Å². The number of nitrogens with two attached hydrogens (primary N) is 1. The fourth-order valence-corrected chi connectivity index (χ4v) is 2.94. The van der Waals surface area contributed by atoms with Gasteiger partial charge in [-0.05, 0) is 37.1 Å². The first-order valence-corrected chi connectivity index (χ1v) is 8.70. The average molecular weight is 336 g/mol. The molecule has 2 rings (SSSR count). The van der Waals surface area contributed by atoms with Crippen molar-refractivity contribution >= 4 is 11.6 Å². The first-order valence-electron chi connectivity index (χ1n) is 8.70. The molecule has 0 atom stereocenters. The van der Waals surface area contributed by atoms with Crippen molar-refractivity contribution in [2.75, 3.05) is 44.2 Å². The van der Waals surface area contributed by atoms with Gasteiger partial charge in [-0.25, -0.2) is 4.39 Å². The number of halogens is 1. The lowest BCUT2D eigenvalue weighted by atomic mass is 9.83. The highest BCUT2D eigenvalue weighted by molar-refractivity contribution is 5.78. The third kappa shape index (κ3) is 4.38. The Morgan fingerprint density at radius 3 is 2.25 bits per heavy atom. The number of anilines is 1. The molecule has 24 heavy (non-hydrogen) atoms. The van der Waals surface area contributed by atoms with Gasteiger partial charge >= 0.3 is 0 Å². The number of aliphatic hydroxyl groups excluding tert-OH is 1. The van der Waals surface area contributed by atoms with Gasteiger partial charge in [0.15, 0.2) is 5.96 Å². The normalized spacial score (nSPS) is 16.6. The van der Waals surface area contributed by atoms with Crippen LogP contribution in [0.15, 0.2) is 29.3 Å². The Hall–Kier alpha value is -1.82. The molecular weight excluding hydrogens is 307 g/mol. The molecule has 0 bridgehead atoms. The molecule has 1 aromatic carbocycles. The van der Waals surface area contributed by atoms with E-state index in [1.54, 1.807) is 12.1 Å². The lowest BCUT2D eigenvalue weighted by Crippen LogP contribution is -2.51. The fraction of sp³-hybridized carbons (Fsp3) is 0.611. The average Bonchev–Trinajstić information content (AvgIpc) is 2.64. The predicted octanol–water partition coefficient (Wildman–Crippen LogP) is 2.06. The van der Waals surface area contributed by atoms with Gasteiger partial charge in [-0.2, -0.15) is 0 Å². The maximum Gasteiger partial charge on any atom is 0.191 e. The van der Waals surface area contributed by atoms with Gasteiger partial charge in [0.25, 0.3) is 0 Å². The number of aliphatic hydroxyl groups is 1. The SMILES string of the molecule is CCC(CC)(CO)CN=C(N)N1CCN(c2ccc(F)cc2)CC1. The second-order valence-corrected chi connectivity index (χ2v) is 6.49. The zero-order chi connectivity index (χ0) is 17.6. The van der Waals surface area contributed by atoms with E-state index in [4.69, 9.17) is 5.73 Å². The quantitative estimate of drug-likeness (QED) is 0.616. The van der Waals surface area contributed by atoms with Crippen LogP contribution >= 0.6 is 0 Å². The monoisotopic (exact) mass is 336 g/mol. The molecule has 1 fully saturated rings. The fourth-order valence-electron chi connectivity index (χ4n) is 2.94. The van der Waals surface area contributed by atoms with E-state index in [1.807, 2.05) is 0 Å². The Morgan fingerprint density at radius 2 is 1.75 bits per heavy atom. The van der Waals surface area contributed by atoms with Crippen LogP contribution in [-0.2, 0) is 0 Å². The van der Waals surface area contributed by atoms with Crippen LogP contribution in [0.5, 0.6) is 0 Å². The number of hydrogen-bond donors (Lipinski definition) is 2. The number of rotatable bonds is 6. The van der Waals surface area contributed by atoms with E-state index >= 15 is 0 Å². The highest BCUT2D eigenvalue weighted by atomic mass is 19.1. The molecule has 1 aliphatic heterocycles. The van der Waals surface area contributed by atoms with Crippen LogP contribution in [-0.4, -0.2) is 55.3 Å². The Balaban J connectivity index is 1.91. The van der Waals surface area contributed by atoms with E-state index in [1.165, 1.54) is 12.1 Å². The molecule has 1 heterocycles. The molecule has 0 spiro atoms. The smallest absolute Gasteiger partial charge is 0.191 e. The lowest BCUT2D eigenvalue weighted by molar-refractivity contribution is 0.123. The molecule has 0 saturated carbocycles. The van der Waals surface area contributed by atoms with Crippen LogP contribution in [0, 0.1) is 11.2 Å². The van der Waals surface area contributed by atoms with Gasteiger partial charge in [-0.1, -0.05) is 13.8 Å². The molecule has 6 heteroatoms. The van der Waals surface area contributed by atoms with Crippen LogP contribution < -0.4 is 10.6 Å². The summed E-state index contributed by atoms with van der Waals surface area (Å²) in [4.78, 5) is 8.83. The standard InChI is InChI=1S/C18H29FN4O/c1-3-18(4-2,14-24)13-21-17(20)23-11-9-22(10-12-23)16-7-5-15(19)6-8-16/h5-8,24H,3-4,9-14H2,1-2H3,(H2,20,21). The summed E-state index contributed by atoms with van der Waals surface area (Å²) in [7, 11) is 0. The van der Waals surface area contributed by atoms with E-state index in [0.29, 0.717) is 12.5 Å². The minimum atomic E-state index is -0.215. The van der Waals surface area contributed by atoms with Crippen molar-refractivity contribution in [1.29, 1.82) is 0 Å². The van der Waals surface area contributed by atoms with Gasteiger partial charge in [0.2, 0.25) is 0 Å². The highest BCUT2D eigenvalue weighted by Gasteiger charge is 2.26. The summed E-state index contributed by atoms with van der Waals surface area (Å²) < 4.78 is 13.0. The minimum absolute atomic E-state index is 0.134. The Kier molecular flexibility index (Phi) is 6.43. The summed E-state index contributed by atoms with van der Waals surface area (Å²) in [6, 6.07) is 6.59. The second kappa shape index (κ2) is 8.33. The topological polar surface area (TPSA) is 65.1 Å². The summed E-state index contributed by atoms with van der Waals surface area (Å²) in [6.45, 7) is 8.08. The third-order valence-electron chi connectivity index (χ3n) is 5.21. The van der Waals surface area contributed by atoms with Gasteiger partial charge in [-0.3, -0.25) is 4.99 Å². The van der Waals surface area contributed by atoms with Crippen LogP contribution in [0.1, 0.15) is 26.7 Å². The maximum atomic E-state index is 13.0. The molecular formula is C18H29FN4O. The van der Waals surface area contributed by atoms with E-state index in [0.717, 1.165) is 44.7 Å². The molecule has 1 aromatic rings. The van der Waals surface area contributed by atoms with Crippen molar-refractivity contribution in [2.45, 2.75) is 26.7 Å². The van der Waals surface area contributed by atoms with Gasteiger partial charge in [-0.15, -0.1) is 0 Å². The minimum Gasteiger partial charge on any atom is -0.396 e. The highest BCUT2D eigenvalue weighted by Crippen LogP contribution is 2.26. The zero-order valence-electron chi connectivity index (χ0n) is 14.7. The maximum absolute atomic E-state index is 13.0. The van der Waals surface area contributed by atoms with E-state index < -0.39 is 0 Å². The molecule has 0 aromatic heterocycles. The van der Waals surface area contributed by atoms with Gasteiger partial charge in [0, 0.05) is 37.3 Å². The molecule has 5 nitrogen and oxygen atoms in total. The molecule has 0 unspecified atom stereocenters. The molecule has 1 saturated heterocycles. The number of aliphatic imine (C=N–C) groups is 1. The lowest BCUT2D eigenvalue weighted by Gasteiger charge is -2.37. The van der Waals surface area contributed by atoms with Crippen molar-refractivity contribution in [3.05, 3.63) is 30.1 Å². The van der Waals surface area contributed by atoms with Gasteiger partial charge in [0.1, 0.15) is 5.82 Å². The first kappa shape index (κ1) is 18.5. The third-order valence-corrected chi connectivity index (χ3v) is 5.21. The Morgan fingerprint density at radius 1 is 1.17 bits per heavy atom. The molecule has 134 valence electrons. The van der Waals surface area contributed by atoms with Crippen molar-refractivity contribution in [2.24, 2.45) is 16.1 Å². The molecule has 1 aliphatic rings. The zero-order valence-corrected chi connectivity index (χ0v) is 14.7. The van der Waals surface area contributed by atoms with E-state index in [9.17, 15) is 9.50 Å². The molecule has 0 radical (unpaired) electrons. The number of benzene rings is 1. The summed E-state index contributed by atoms with van der Waals surface area (Å²) in [5, 5.41) is 9.62. The Labute approximate surface area is 144 Å². The number of nitrogens with zero attached hydrogens (tertiary/aromatic N) is 3. The summed E-state index contributed by atoms with van der Waals surface area (Å²) in [5.74, 6) is 0.335. The van der Waals surface area contributed by atoms with Gasteiger partial charge in [0.05, 0.1) is 13.2 Å². The summed E-state index contributed by atoms with van der Waals surface area (Å²) in [5.41, 5.74) is 7.01. The van der Waals surface area contributed by atoms with E-state index in [-0.39, 0.29) is 17.8 Å². The van der Waals surface area contributed by atoms with Crippen molar-refractivity contribution in [3.8, 4) is 0 Å². The second-order valence-electron chi connectivity index (χ2n) is 6.49. The first-order chi connectivity index (χ1) is 11.5. The van der Waals surface area contributed by atoms with Crippen molar-refractivity contribution in [1.82, 2.24) is 4.90 Å². The van der Waals surface area contributed by atoms with Crippen LogP contribution in [0.25, 0.3) is 0 Å². The van der Waals surface area contributed by atoms with Crippen molar-refractivity contribution < 1.29 is 9.50 Å². The predicted molar refractivity (Wildman–Crippen MR) is 96.8 cm³/mol. The van der Waals surface area contributed by atoms with Crippen LogP contribution in [0.3, 0.4) is 0 Å². The number of hydrogen-bond acceptors (Lipinski definition) is 3. The number of piperazine rings is 1. The molecule has 0 amide bonds. The molecule has 3 N–H and O–H groups in total. The number of guanidine groups is 1. The van der Waals surface area contributed by atoms with E-state index in [2.05, 4.69) is 28.6 Å². The van der Waals surface area contributed by atoms with Gasteiger partial charge < -0.3 is 20.6 Å². The van der Waals surface area contributed by atoms with Crippen molar-refractivity contribution in [3.63, 3.8) is 0 Å². The summed E-state index contributed by atoms with van der Waals surface area (Å²) >= 11 is 0. The Bertz CT molecular complexity index is 526. The molecule has 0 aliphatic carbocycles. The summed E-state index contributed by atoms with van der Waals surface area (Å²) in [6.07, 6.45) is 1.77.